The highest BCUT2D eigenvalue weighted by Crippen LogP contribution is 2.43. The summed E-state index contributed by atoms with van der Waals surface area (Å²) in [5.74, 6) is 3.03. The lowest BCUT2D eigenvalue weighted by atomic mass is 9.66. The van der Waals surface area contributed by atoms with E-state index in [-0.39, 0.29) is 27.3 Å². The lowest BCUT2D eigenvalue weighted by Crippen LogP contribution is -2.51. The number of rotatable bonds is 5. The second-order valence-electron chi connectivity index (χ2n) is 13.2. The molecule has 0 amide bonds. The van der Waals surface area contributed by atoms with Gasteiger partial charge in [-0.15, -0.1) is 0 Å². The van der Waals surface area contributed by atoms with Gasteiger partial charge in [0.15, 0.2) is 0 Å². The molecule has 2 unspecified atom stereocenters. The summed E-state index contributed by atoms with van der Waals surface area (Å²) in [6, 6.07) is 0. The summed E-state index contributed by atoms with van der Waals surface area (Å²) in [6.45, 7) is 24.5. The van der Waals surface area contributed by atoms with Gasteiger partial charge in [0.25, 0.3) is 0 Å². The van der Waals surface area contributed by atoms with Crippen LogP contribution in [0.15, 0.2) is 0 Å². The van der Waals surface area contributed by atoms with E-state index in [1.54, 1.807) is 0 Å². The van der Waals surface area contributed by atoms with E-state index in [1.807, 2.05) is 0 Å². The van der Waals surface area contributed by atoms with Gasteiger partial charge in [0.2, 0.25) is 11.9 Å². The molecule has 2 bridgehead atoms. The zero-order valence-electron chi connectivity index (χ0n) is 21.7. The van der Waals surface area contributed by atoms with E-state index in [2.05, 4.69) is 85.2 Å². The Morgan fingerprint density at radius 3 is 1.81 bits per heavy atom. The molecule has 2 fully saturated rings. The minimum Gasteiger partial charge on any atom is -0.349 e. The predicted molar refractivity (Wildman–Crippen MR) is 131 cm³/mol. The van der Waals surface area contributed by atoms with Crippen LogP contribution < -0.4 is 16.0 Å². The molecule has 1 saturated carbocycles. The second kappa shape index (κ2) is 7.86. The van der Waals surface area contributed by atoms with Gasteiger partial charge in [-0.25, -0.2) is 0 Å². The molecule has 0 aromatic carbocycles. The SMILES string of the molecule is CC(C)(C)C(C)(C)Nc1nc(NC(C)(C)C(C)(C)C)nc(C23CCCC(CNC2)C3)n1. The van der Waals surface area contributed by atoms with E-state index in [9.17, 15) is 0 Å². The van der Waals surface area contributed by atoms with Crippen molar-refractivity contribution in [2.45, 2.75) is 111 Å². The molecule has 0 radical (unpaired) electrons. The normalized spacial score (nSPS) is 25.3. The van der Waals surface area contributed by atoms with Crippen molar-refractivity contribution in [2.75, 3.05) is 23.7 Å². The Morgan fingerprint density at radius 1 is 0.806 bits per heavy atom. The van der Waals surface area contributed by atoms with Gasteiger partial charge >= 0.3 is 0 Å². The topological polar surface area (TPSA) is 74.8 Å². The molecule has 6 nitrogen and oxygen atoms in total. The van der Waals surface area contributed by atoms with Gasteiger partial charge in [-0.2, -0.15) is 15.0 Å². The van der Waals surface area contributed by atoms with Crippen LogP contribution in [0.1, 0.15) is 101 Å². The van der Waals surface area contributed by atoms with Crippen molar-refractivity contribution >= 4 is 11.9 Å². The molecule has 3 rings (SSSR count). The van der Waals surface area contributed by atoms with Crippen LogP contribution in [0, 0.1) is 16.7 Å². The van der Waals surface area contributed by atoms with Crippen molar-refractivity contribution in [3.8, 4) is 0 Å². The van der Waals surface area contributed by atoms with Gasteiger partial charge in [-0.3, -0.25) is 0 Å². The van der Waals surface area contributed by atoms with Gasteiger partial charge in [-0.1, -0.05) is 48.0 Å². The minimum absolute atomic E-state index is 0.00865. The fraction of sp³-hybridized carbons (Fsp3) is 0.880. The van der Waals surface area contributed by atoms with Gasteiger partial charge in [0.1, 0.15) is 5.82 Å². The minimum atomic E-state index is -0.167. The zero-order valence-corrected chi connectivity index (χ0v) is 21.7. The second-order valence-corrected chi connectivity index (χ2v) is 13.2. The third-order valence-corrected chi connectivity index (χ3v) is 8.55. The molecular formula is C25H46N6. The number of fused-ring (bicyclic) bond motifs is 2. The van der Waals surface area contributed by atoms with Crippen molar-refractivity contribution in [1.29, 1.82) is 0 Å². The molecule has 1 aliphatic heterocycles. The van der Waals surface area contributed by atoms with E-state index < -0.39 is 0 Å². The van der Waals surface area contributed by atoms with Crippen molar-refractivity contribution in [2.24, 2.45) is 16.7 Å². The molecule has 3 N–H and O–H groups in total. The predicted octanol–water partition coefficient (Wildman–Crippen LogP) is 5.38. The molecule has 2 heterocycles. The first-order chi connectivity index (χ1) is 14.0. The highest BCUT2D eigenvalue weighted by molar-refractivity contribution is 5.40. The number of nitrogens with zero attached hydrogens (tertiary/aromatic N) is 3. The smallest absolute Gasteiger partial charge is 0.228 e. The van der Waals surface area contributed by atoms with Gasteiger partial charge < -0.3 is 16.0 Å². The maximum atomic E-state index is 5.05. The molecule has 1 saturated heterocycles. The Bertz CT molecular complexity index is 728. The Balaban J connectivity index is 2.04. The monoisotopic (exact) mass is 430 g/mol. The molecule has 1 aliphatic carbocycles. The number of hydrogen-bond acceptors (Lipinski definition) is 6. The van der Waals surface area contributed by atoms with Crippen molar-refractivity contribution in [3.63, 3.8) is 0 Å². The molecule has 2 atom stereocenters. The maximum Gasteiger partial charge on any atom is 0.228 e. The van der Waals surface area contributed by atoms with Crippen molar-refractivity contribution in [1.82, 2.24) is 20.3 Å². The van der Waals surface area contributed by atoms with Crippen molar-refractivity contribution in [3.05, 3.63) is 5.82 Å². The maximum absolute atomic E-state index is 5.05. The quantitative estimate of drug-likeness (QED) is 0.583. The molecule has 1 aromatic heterocycles. The zero-order chi connectivity index (χ0) is 23.3. The third-order valence-electron chi connectivity index (χ3n) is 8.55. The van der Waals surface area contributed by atoms with E-state index in [4.69, 9.17) is 15.0 Å². The fourth-order valence-electron chi connectivity index (χ4n) is 4.28. The summed E-state index contributed by atoms with van der Waals surface area (Å²) in [6.07, 6.45) is 4.88. The fourth-order valence-corrected chi connectivity index (χ4v) is 4.28. The Labute approximate surface area is 190 Å². The van der Waals surface area contributed by atoms with Crippen LogP contribution in [0.25, 0.3) is 0 Å². The van der Waals surface area contributed by atoms with Crippen LogP contribution in [-0.4, -0.2) is 39.1 Å². The van der Waals surface area contributed by atoms with Crippen LogP contribution in [-0.2, 0) is 5.41 Å². The lowest BCUT2D eigenvalue weighted by molar-refractivity contribution is 0.158. The van der Waals surface area contributed by atoms with E-state index in [0.717, 1.165) is 31.3 Å². The summed E-state index contributed by atoms with van der Waals surface area (Å²) in [5.41, 5.74) is -0.216. The first-order valence-electron chi connectivity index (χ1n) is 12.1. The number of anilines is 2. The molecule has 1 aromatic rings. The summed E-state index contributed by atoms with van der Waals surface area (Å²) >= 11 is 0. The molecular weight excluding hydrogens is 384 g/mol. The van der Waals surface area contributed by atoms with Crippen LogP contribution in [0.4, 0.5) is 11.9 Å². The van der Waals surface area contributed by atoms with Crippen LogP contribution in [0.2, 0.25) is 0 Å². The molecule has 6 heteroatoms. The van der Waals surface area contributed by atoms with Crippen LogP contribution in [0.5, 0.6) is 0 Å². The molecule has 0 spiro atoms. The van der Waals surface area contributed by atoms with Gasteiger partial charge in [0, 0.05) is 23.0 Å². The average Bonchev–Trinajstić information content (AvgIpc) is 2.59. The summed E-state index contributed by atoms with van der Waals surface area (Å²) in [5, 5.41) is 11.0. The first kappa shape index (κ1) is 24.2. The lowest BCUT2D eigenvalue weighted by Gasteiger charge is -2.45. The number of piperidine rings is 1. The highest BCUT2D eigenvalue weighted by Gasteiger charge is 2.44. The number of hydrogen-bond donors (Lipinski definition) is 3. The highest BCUT2D eigenvalue weighted by atomic mass is 15.3. The third kappa shape index (κ3) is 4.99. The van der Waals surface area contributed by atoms with E-state index in [0.29, 0.717) is 11.9 Å². The van der Waals surface area contributed by atoms with Gasteiger partial charge in [0.05, 0.1) is 0 Å². The molecule has 2 aliphatic rings. The largest absolute Gasteiger partial charge is 0.349 e. The Kier molecular flexibility index (Phi) is 6.14. The Morgan fingerprint density at radius 2 is 1.32 bits per heavy atom. The summed E-state index contributed by atoms with van der Waals surface area (Å²) in [7, 11) is 0. The standard InChI is InChI=1S/C25H46N6/c1-21(2,3)23(7,8)30-19-27-18(25-13-11-12-17(14-25)15-26-16-25)28-20(29-19)31-24(9,10)22(4,5)6/h17,26H,11-16H2,1-10H3,(H2,27,28,29,30,31). The van der Waals surface area contributed by atoms with E-state index >= 15 is 0 Å². The average molecular weight is 431 g/mol. The van der Waals surface area contributed by atoms with Gasteiger partial charge in [-0.05, 0) is 70.3 Å². The number of nitrogens with one attached hydrogen (secondary N) is 3. The first-order valence-corrected chi connectivity index (χ1v) is 12.1. The van der Waals surface area contributed by atoms with Crippen LogP contribution >= 0.6 is 0 Å². The van der Waals surface area contributed by atoms with Crippen molar-refractivity contribution < 1.29 is 0 Å². The summed E-state index contributed by atoms with van der Waals surface area (Å²) < 4.78 is 0. The van der Waals surface area contributed by atoms with E-state index in [1.165, 1.54) is 19.3 Å². The Hall–Kier alpha value is -1.43. The molecule has 31 heavy (non-hydrogen) atoms. The number of aromatic nitrogens is 3. The molecule has 176 valence electrons. The van der Waals surface area contributed by atoms with Crippen LogP contribution in [0.3, 0.4) is 0 Å². The summed E-state index contributed by atoms with van der Waals surface area (Å²) in [4.78, 5) is 15.0.